The first-order valence-corrected chi connectivity index (χ1v) is 7.51. The van der Waals surface area contributed by atoms with Gasteiger partial charge in [0.15, 0.2) is 11.6 Å². The third-order valence-corrected chi connectivity index (χ3v) is 3.66. The highest BCUT2D eigenvalue weighted by molar-refractivity contribution is 6.05. The molecule has 0 bridgehead atoms. The standard InChI is InChI=1S/C18H15N3O4/c1-11(22)13-4-2-12(3-5-13)8-17-14(6-7-25-17)15(23)9-16(24)18-19-10-20-21-18/h2-7,9-10,23H,8H2,1H3,(H,19,20,21). The maximum absolute atomic E-state index is 11.9. The lowest BCUT2D eigenvalue weighted by atomic mass is 10.0. The Bertz CT molecular complexity index is 922. The summed E-state index contributed by atoms with van der Waals surface area (Å²) in [7, 11) is 0. The van der Waals surface area contributed by atoms with Crippen LogP contribution in [0.4, 0.5) is 0 Å². The first-order valence-electron chi connectivity index (χ1n) is 7.51. The van der Waals surface area contributed by atoms with Gasteiger partial charge in [0, 0.05) is 18.1 Å². The highest BCUT2D eigenvalue weighted by atomic mass is 16.3. The van der Waals surface area contributed by atoms with Gasteiger partial charge in [-0.05, 0) is 18.6 Å². The lowest BCUT2D eigenvalue weighted by Gasteiger charge is -2.04. The van der Waals surface area contributed by atoms with Gasteiger partial charge in [0.1, 0.15) is 17.8 Å². The number of H-pyrrole nitrogens is 1. The van der Waals surface area contributed by atoms with E-state index in [4.69, 9.17) is 4.42 Å². The van der Waals surface area contributed by atoms with Crippen molar-refractivity contribution in [2.45, 2.75) is 13.3 Å². The van der Waals surface area contributed by atoms with Crippen molar-refractivity contribution >= 4 is 17.3 Å². The number of hydrogen-bond donors (Lipinski definition) is 2. The predicted molar refractivity (Wildman–Crippen MR) is 89.3 cm³/mol. The average molecular weight is 337 g/mol. The molecular formula is C18H15N3O4. The topological polar surface area (TPSA) is 109 Å². The number of aliphatic hydroxyl groups is 1. The van der Waals surface area contributed by atoms with Gasteiger partial charge < -0.3 is 9.52 Å². The molecule has 0 amide bonds. The minimum atomic E-state index is -0.493. The van der Waals surface area contributed by atoms with Crippen LogP contribution in [0.25, 0.3) is 5.76 Å². The molecule has 0 aliphatic carbocycles. The Morgan fingerprint density at radius 2 is 2.00 bits per heavy atom. The number of aliphatic hydroxyl groups excluding tert-OH is 1. The smallest absolute Gasteiger partial charge is 0.226 e. The molecule has 0 spiro atoms. The number of ketones is 2. The lowest BCUT2D eigenvalue weighted by molar-refractivity contribution is 0.101. The van der Waals surface area contributed by atoms with Crippen molar-refractivity contribution in [3.05, 3.63) is 77.3 Å². The van der Waals surface area contributed by atoms with Crippen LogP contribution in [0.5, 0.6) is 0 Å². The fourth-order valence-electron chi connectivity index (χ4n) is 2.34. The fourth-order valence-corrected chi connectivity index (χ4v) is 2.34. The number of aromatic nitrogens is 3. The second-order valence-corrected chi connectivity index (χ2v) is 5.42. The molecule has 2 aromatic heterocycles. The normalized spacial score (nSPS) is 11.5. The summed E-state index contributed by atoms with van der Waals surface area (Å²) in [5.74, 6) is -0.165. The minimum Gasteiger partial charge on any atom is -0.507 e. The number of carbonyl (C=O) groups excluding carboxylic acids is 2. The summed E-state index contributed by atoms with van der Waals surface area (Å²) in [4.78, 5) is 27.0. The van der Waals surface area contributed by atoms with Crippen molar-refractivity contribution < 1.29 is 19.1 Å². The van der Waals surface area contributed by atoms with Crippen molar-refractivity contribution in [3.8, 4) is 0 Å². The van der Waals surface area contributed by atoms with E-state index in [1.165, 1.54) is 19.5 Å². The molecular weight excluding hydrogens is 322 g/mol. The van der Waals surface area contributed by atoms with Crippen molar-refractivity contribution in [2.75, 3.05) is 0 Å². The Hall–Kier alpha value is -3.48. The Kier molecular flexibility index (Phi) is 4.56. The predicted octanol–water partition coefficient (Wildman–Crippen LogP) is 2.97. The van der Waals surface area contributed by atoms with E-state index < -0.39 is 5.78 Å². The van der Waals surface area contributed by atoms with Gasteiger partial charge in [-0.1, -0.05) is 24.3 Å². The average Bonchev–Trinajstić information content (AvgIpc) is 3.27. The van der Waals surface area contributed by atoms with Gasteiger partial charge >= 0.3 is 0 Å². The second kappa shape index (κ2) is 6.96. The summed E-state index contributed by atoms with van der Waals surface area (Å²) in [6.07, 6.45) is 4.13. The van der Waals surface area contributed by atoms with Gasteiger partial charge in [-0.3, -0.25) is 14.7 Å². The Labute approximate surface area is 143 Å². The third kappa shape index (κ3) is 3.72. The van der Waals surface area contributed by atoms with E-state index in [-0.39, 0.29) is 17.4 Å². The number of rotatable bonds is 6. The fraction of sp³-hybridized carbons (Fsp3) is 0.111. The molecule has 7 nitrogen and oxygen atoms in total. The summed E-state index contributed by atoms with van der Waals surface area (Å²) in [6, 6.07) is 8.71. The summed E-state index contributed by atoms with van der Waals surface area (Å²) in [5, 5.41) is 16.3. The molecule has 0 aliphatic rings. The molecule has 2 N–H and O–H groups in total. The SMILES string of the molecule is CC(=O)c1ccc(Cc2occc2C(O)=CC(=O)c2ncn[nH]2)cc1. The van der Waals surface area contributed by atoms with E-state index in [1.807, 2.05) is 12.1 Å². The number of allylic oxidation sites excluding steroid dienone is 1. The van der Waals surface area contributed by atoms with Crippen LogP contribution in [-0.4, -0.2) is 31.9 Å². The van der Waals surface area contributed by atoms with Crippen molar-refractivity contribution in [2.24, 2.45) is 0 Å². The van der Waals surface area contributed by atoms with Crippen molar-refractivity contribution in [1.82, 2.24) is 15.2 Å². The highest BCUT2D eigenvalue weighted by Gasteiger charge is 2.14. The first-order chi connectivity index (χ1) is 12.0. The van der Waals surface area contributed by atoms with E-state index in [0.29, 0.717) is 23.3 Å². The van der Waals surface area contributed by atoms with Gasteiger partial charge in [-0.25, -0.2) is 4.98 Å². The molecule has 0 fully saturated rings. The quantitative estimate of drug-likeness (QED) is 0.406. The van der Waals surface area contributed by atoms with Gasteiger partial charge in [0.05, 0.1) is 11.8 Å². The number of Topliss-reactive ketones (excluding diaryl/α,β-unsaturated/α-hetero) is 1. The van der Waals surface area contributed by atoms with Crippen LogP contribution in [0.3, 0.4) is 0 Å². The lowest BCUT2D eigenvalue weighted by Crippen LogP contribution is -2.00. The Morgan fingerprint density at radius 3 is 2.64 bits per heavy atom. The van der Waals surface area contributed by atoms with E-state index in [0.717, 1.165) is 11.6 Å². The van der Waals surface area contributed by atoms with E-state index in [9.17, 15) is 14.7 Å². The van der Waals surface area contributed by atoms with E-state index in [1.54, 1.807) is 18.2 Å². The van der Waals surface area contributed by atoms with E-state index in [2.05, 4.69) is 15.2 Å². The van der Waals surface area contributed by atoms with Crippen LogP contribution in [0.2, 0.25) is 0 Å². The summed E-state index contributed by atoms with van der Waals surface area (Å²) in [6.45, 7) is 1.51. The first kappa shape index (κ1) is 16.4. The molecule has 0 saturated heterocycles. The number of nitrogens with zero attached hydrogens (tertiary/aromatic N) is 2. The van der Waals surface area contributed by atoms with Crippen LogP contribution in [-0.2, 0) is 6.42 Å². The van der Waals surface area contributed by atoms with Crippen LogP contribution in [0.15, 0.2) is 53.4 Å². The molecule has 3 rings (SSSR count). The zero-order valence-corrected chi connectivity index (χ0v) is 13.4. The minimum absolute atomic E-state index is 0.00302. The zero-order chi connectivity index (χ0) is 17.8. The molecule has 2 heterocycles. The summed E-state index contributed by atoms with van der Waals surface area (Å²) < 4.78 is 5.42. The monoisotopic (exact) mass is 337 g/mol. The van der Waals surface area contributed by atoms with Gasteiger partial charge in [0.25, 0.3) is 0 Å². The van der Waals surface area contributed by atoms with Crippen molar-refractivity contribution in [3.63, 3.8) is 0 Å². The number of aromatic amines is 1. The van der Waals surface area contributed by atoms with Crippen LogP contribution in [0, 0.1) is 0 Å². The molecule has 0 unspecified atom stereocenters. The zero-order valence-electron chi connectivity index (χ0n) is 13.4. The molecule has 0 saturated carbocycles. The van der Waals surface area contributed by atoms with Crippen LogP contribution < -0.4 is 0 Å². The number of carbonyl (C=O) groups is 2. The molecule has 0 radical (unpaired) electrons. The summed E-state index contributed by atoms with van der Waals surface area (Å²) in [5.41, 5.74) is 1.96. The number of hydrogen-bond acceptors (Lipinski definition) is 6. The van der Waals surface area contributed by atoms with Crippen molar-refractivity contribution in [1.29, 1.82) is 0 Å². The second-order valence-electron chi connectivity index (χ2n) is 5.42. The van der Waals surface area contributed by atoms with Gasteiger partial charge in [-0.15, -0.1) is 0 Å². The molecule has 1 aromatic carbocycles. The highest BCUT2D eigenvalue weighted by Crippen LogP contribution is 2.22. The van der Waals surface area contributed by atoms with Crippen LogP contribution >= 0.6 is 0 Å². The molecule has 0 atom stereocenters. The van der Waals surface area contributed by atoms with Gasteiger partial charge in [0.2, 0.25) is 5.78 Å². The number of benzene rings is 1. The van der Waals surface area contributed by atoms with Crippen LogP contribution in [0.1, 0.15) is 44.8 Å². The number of nitrogens with one attached hydrogen (secondary N) is 1. The number of furan rings is 1. The molecule has 126 valence electrons. The Balaban J connectivity index is 1.80. The van der Waals surface area contributed by atoms with Gasteiger partial charge in [-0.2, -0.15) is 5.10 Å². The summed E-state index contributed by atoms with van der Waals surface area (Å²) >= 11 is 0. The maximum atomic E-state index is 11.9. The molecule has 3 aromatic rings. The third-order valence-electron chi connectivity index (χ3n) is 3.66. The maximum Gasteiger partial charge on any atom is 0.226 e. The van der Waals surface area contributed by atoms with E-state index >= 15 is 0 Å². The largest absolute Gasteiger partial charge is 0.507 e. The molecule has 0 aliphatic heterocycles. The molecule has 7 heteroatoms. The Morgan fingerprint density at radius 1 is 1.24 bits per heavy atom. The molecule has 25 heavy (non-hydrogen) atoms.